The van der Waals surface area contributed by atoms with E-state index in [9.17, 15) is 13.2 Å². The van der Waals surface area contributed by atoms with Gasteiger partial charge in [-0.2, -0.15) is 13.2 Å². The van der Waals surface area contributed by atoms with Crippen molar-refractivity contribution in [1.29, 1.82) is 0 Å². The Balaban J connectivity index is 0.00000289. The van der Waals surface area contributed by atoms with E-state index >= 15 is 0 Å². The molecule has 0 saturated carbocycles. The molecule has 1 aliphatic rings. The molecule has 1 aliphatic heterocycles. The molecular formula is C25H31ClF3N3. The summed E-state index contributed by atoms with van der Waals surface area (Å²) in [5.41, 5.74) is 3.39. The lowest BCUT2D eigenvalue weighted by Crippen LogP contribution is -2.34. The number of halogens is 4. The molecular weight excluding hydrogens is 435 g/mol. The number of rotatable bonds is 3. The van der Waals surface area contributed by atoms with E-state index in [0.717, 1.165) is 55.9 Å². The summed E-state index contributed by atoms with van der Waals surface area (Å²) >= 11 is 0. The first kappa shape index (κ1) is 24.6. The van der Waals surface area contributed by atoms with Crippen LogP contribution in [-0.2, 0) is 18.1 Å². The zero-order valence-electron chi connectivity index (χ0n) is 19.0. The van der Waals surface area contributed by atoms with Gasteiger partial charge in [-0.05, 0) is 54.5 Å². The highest BCUT2D eigenvalue weighted by atomic mass is 35.5. The molecule has 0 unspecified atom stereocenters. The van der Waals surface area contributed by atoms with E-state index in [1.807, 2.05) is 6.92 Å². The van der Waals surface area contributed by atoms with Crippen LogP contribution in [0.2, 0.25) is 0 Å². The Morgan fingerprint density at radius 3 is 2.09 bits per heavy atom. The average molecular weight is 466 g/mol. The van der Waals surface area contributed by atoms with Gasteiger partial charge in [0, 0.05) is 25.7 Å². The first-order valence-electron chi connectivity index (χ1n) is 10.9. The fraction of sp³-hybridized carbons (Fsp3) is 0.480. The molecule has 1 fully saturated rings. The van der Waals surface area contributed by atoms with Gasteiger partial charge >= 0.3 is 6.18 Å². The molecule has 0 bridgehead atoms. The second-order valence-electron chi connectivity index (χ2n) is 9.68. The van der Waals surface area contributed by atoms with Crippen molar-refractivity contribution in [3.63, 3.8) is 0 Å². The van der Waals surface area contributed by atoms with Crippen LogP contribution in [-0.4, -0.2) is 27.5 Å². The fourth-order valence-electron chi connectivity index (χ4n) is 4.56. The quantitative estimate of drug-likeness (QED) is 0.418. The molecule has 4 rings (SSSR count). The predicted octanol–water partition coefficient (Wildman–Crippen LogP) is 6.92. The first-order chi connectivity index (χ1) is 14.5. The van der Waals surface area contributed by atoms with E-state index in [1.165, 1.54) is 11.1 Å². The molecule has 0 atom stereocenters. The van der Waals surface area contributed by atoms with Crippen molar-refractivity contribution in [2.45, 2.75) is 64.7 Å². The van der Waals surface area contributed by atoms with Crippen molar-refractivity contribution in [2.24, 2.45) is 0 Å². The Morgan fingerprint density at radius 1 is 0.938 bits per heavy atom. The monoisotopic (exact) mass is 465 g/mol. The maximum atomic E-state index is 13.0. The van der Waals surface area contributed by atoms with Gasteiger partial charge in [0.05, 0.1) is 16.6 Å². The lowest BCUT2D eigenvalue weighted by atomic mass is 9.86. The molecule has 0 spiro atoms. The number of benzene rings is 2. The lowest BCUT2D eigenvalue weighted by Gasteiger charge is -2.33. The van der Waals surface area contributed by atoms with Gasteiger partial charge in [-0.1, -0.05) is 45.0 Å². The van der Waals surface area contributed by atoms with E-state index in [1.54, 1.807) is 6.07 Å². The Kier molecular flexibility index (Phi) is 6.97. The molecule has 2 aromatic carbocycles. The summed E-state index contributed by atoms with van der Waals surface area (Å²) in [6.45, 7) is 11.4. The van der Waals surface area contributed by atoms with Crippen LogP contribution in [0.3, 0.4) is 0 Å². The number of alkyl halides is 3. The predicted molar refractivity (Wildman–Crippen MR) is 125 cm³/mol. The first-order valence-corrected chi connectivity index (χ1v) is 10.9. The number of aryl methyl sites for hydroxylation is 1. The Hall–Kier alpha value is -2.05. The highest BCUT2D eigenvalue weighted by Crippen LogP contribution is 2.34. The zero-order chi connectivity index (χ0) is 22.4. The van der Waals surface area contributed by atoms with Gasteiger partial charge in [0.15, 0.2) is 0 Å². The fourth-order valence-corrected chi connectivity index (χ4v) is 4.56. The molecule has 3 nitrogen and oxygen atoms in total. The van der Waals surface area contributed by atoms with Crippen molar-refractivity contribution < 1.29 is 13.2 Å². The third-order valence-electron chi connectivity index (χ3n) is 6.34. The number of nitrogens with zero attached hydrogens (tertiary/aromatic N) is 3. The standard InChI is InChI=1S/C25H30F3N3.ClH/c1-17-29-22-15-20(25(26,27)28)9-10-23(22)31(17)21-11-13-30(14-12-21)16-18-5-7-19(8-6-18)24(2,3)4;/h5-10,15,21H,11-14,16H2,1-4H3;1H. The van der Waals surface area contributed by atoms with Crippen LogP contribution < -0.4 is 0 Å². The molecule has 1 aromatic heterocycles. The summed E-state index contributed by atoms with van der Waals surface area (Å²) in [4.78, 5) is 6.88. The minimum Gasteiger partial charge on any atom is -0.325 e. The third-order valence-corrected chi connectivity index (χ3v) is 6.34. The molecule has 1 saturated heterocycles. The van der Waals surface area contributed by atoms with E-state index in [2.05, 4.69) is 59.5 Å². The number of piperidine rings is 1. The van der Waals surface area contributed by atoms with Crippen LogP contribution in [0.4, 0.5) is 13.2 Å². The molecule has 2 heterocycles. The third kappa shape index (κ3) is 5.12. The summed E-state index contributed by atoms with van der Waals surface area (Å²) < 4.78 is 41.2. The van der Waals surface area contributed by atoms with E-state index in [-0.39, 0.29) is 23.9 Å². The normalized spacial score (nSPS) is 16.3. The molecule has 0 aliphatic carbocycles. The smallest absolute Gasteiger partial charge is 0.325 e. The summed E-state index contributed by atoms with van der Waals surface area (Å²) in [6, 6.07) is 13.0. The molecule has 0 radical (unpaired) electrons. The second-order valence-corrected chi connectivity index (χ2v) is 9.68. The second kappa shape index (κ2) is 9.06. The van der Waals surface area contributed by atoms with Crippen molar-refractivity contribution in [3.8, 4) is 0 Å². The van der Waals surface area contributed by atoms with Crippen LogP contribution in [0.25, 0.3) is 11.0 Å². The molecule has 0 amide bonds. The van der Waals surface area contributed by atoms with E-state index in [4.69, 9.17) is 0 Å². The number of hydrogen-bond acceptors (Lipinski definition) is 2. The Morgan fingerprint density at radius 2 is 1.53 bits per heavy atom. The van der Waals surface area contributed by atoms with Gasteiger partial charge < -0.3 is 4.57 Å². The summed E-state index contributed by atoms with van der Waals surface area (Å²) in [5, 5.41) is 0. The summed E-state index contributed by atoms with van der Waals surface area (Å²) in [5.74, 6) is 0.783. The van der Waals surface area contributed by atoms with Gasteiger partial charge in [-0.15, -0.1) is 12.4 Å². The van der Waals surface area contributed by atoms with Crippen molar-refractivity contribution >= 4 is 23.4 Å². The largest absolute Gasteiger partial charge is 0.416 e. The maximum Gasteiger partial charge on any atom is 0.416 e. The average Bonchev–Trinajstić information content (AvgIpc) is 3.02. The highest BCUT2D eigenvalue weighted by molar-refractivity contribution is 5.85. The molecule has 32 heavy (non-hydrogen) atoms. The molecule has 174 valence electrons. The van der Waals surface area contributed by atoms with Gasteiger partial charge in [0.2, 0.25) is 0 Å². The van der Waals surface area contributed by atoms with Gasteiger partial charge in [0.25, 0.3) is 0 Å². The number of fused-ring (bicyclic) bond motifs is 1. The van der Waals surface area contributed by atoms with Crippen LogP contribution in [0.5, 0.6) is 0 Å². The number of imidazole rings is 1. The molecule has 7 heteroatoms. The van der Waals surface area contributed by atoms with Crippen molar-refractivity contribution in [2.75, 3.05) is 13.1 Å². The van der Waals surface area contributed by atoms with Crippen LogP contribution in [0, 0.1) is 6.92 Å². The van der Waals surface area contributed by atoms with Gasteiger partial charge in [-0.25, -0.2) is 4.98 Å². The Bertz CT molecular complexity index is 1060. The van der Waals surface area contributed by atoms with E-state index < -0.39 is 11.7 Å². The summed E-state index contributed by atoms with van der Waals surface area (Å²) in [6.07, 6.45) is -2.41. The summed E-state index contributed by atoms with van der Waals surface area (Å²) in [7, 11) is 0. The van der Waals surface area contributed by atoms with Crippen molar-refractivity contribution in [1.82, 2.24) is 14.5 Å². The number of aromatic nitrogens is 2. The van der Waals surface area contributed by atoms with Crippen molar-refractivity contribution in [3.05, 3.63) is 65.0 Å². The van der Waals surface area contributed by atoms with Crippen LogP contribution in [0.1, 0.15) is 62.2 Å². The van der Waals surface area contributed by atoms with E-state index in [0.29, 0.717) is 5.52 Å². The minimum atomic E-state index is -4.34. The topological polar surface area (TPSA) is 21.1 Å². The SMILES string of the molecule is Cc1nc2cc(C(F)(F)F)ccc2n1C1CCN(Cc2ccc(C(C)(C)C)cc2)CC1.Cl. The Labute approximate surface area is 194 Å². The number of hydrogen-bond donors (Lipinski definition) is 0. The molecule has 3 aromatic rings. The van der Waals surface area contributed by atoms with Crippen LogP contribution >= 0.6 is 12.4 Å². The zero-order valence-corrected chi connectivity index (χ0v) is 19.9. The minimum absolute atomic E-state index is 0. The van der Waals surface area contributed by atoms with Gasteiger partial charge in [-0.3, -0.25) is 4.90 Å². The lowest BCUT2D eigenvalue weighted by molar-refractivity contribution is -0.137. The van der Waals surface area contributed by atoms with Crippen LogP contribution in [0.15, 0.2) is 42.5 Å². The van der Waals surface area contributed by atoms with Gasteiger partial charge in [0.1, 0.15) is 5.82 Å². The highest BCUT2D eigenvalue weighted by Gasteiger charge is 2.31. The number of likely N-dealkylation sites (tertiary alicyclic amines) is 1. The molecule has 0 N–H and O–H groups in total. The maximum absolute atomic E-state index is 13.0.